The van der Waals surface area contributed by atoms with E-state index in [0.717, 1.165) is 19.3 Å². The third-order valence-electron chi connectivity index (χ3n) is 2.61. The normalized spacial score (nSPS) is 10.4. The molecule has 1 amide bonds. The molecule has 0 aliphatic carbocycles. The van der Waals surface area contributed by atoms with Gasteiger partial charge in [-0.25, -0.2) is 0 Å². The maximum absolute atomic E-state index is 8.58. The zero-order valence-electron chi connectivity index (χ0n) is 11.6. The number of aryl methyl sites for hydroxylation is 1. The van der Waals surface area contributed by atoms with Crippen molar-refractivity contribution in [3.63, 3.8) is 0 Å². The zero-order chi connectivity index (χ0) is 15.3. The number of nitrogens with two attached hydrogens (primary N) is 2. The highest BCUT2D eigenvalue weighted by Crippen LogP contribution is 2.16. The Morgan fingerprint density at radius 3 is 2.76 bits per heavy atom. The molecule has 21 heavy (non-hydrogen) atoms. The number of furan rings is 1. The number of unbranched alkanes of at least 4 members (excludes halogenated alkanes) is 1. The molecule has 6 heteroatoms. The number of hydrogen-bond acceptors (Lipinski definition) is 5. The van der Waals surface area contributed by atoms with Crippen LogP contribution in [-0.4, -0.2) is 11.4 Å². The minimum Gasteiger partial charge on any atom is -0.461 e. The summed E-state index contributed by atoms with van der Waals surface area (Å²) in [6, 6.07) is 7.64. The molecule has 2 heterocycles. The van der Waals surface area contributed by atoms with Gasteiger partial charge in [-0.2, -0.15) is 5.90 Å². The van der Waals surface area contributed by atoms with Crippen LogP contribution in [-0.2, 0) is 16.1 Å². The van der Waals surface area contributed by atoms with E-state index >= 15 is 0 Å². The highest BCUT2D eigenvalue weighted by molar-refractivity contribution is 5.54. The third kappa shape index (κ3) is 6.40. The number of allylic oxidation sites excluding steroid dienone is 1. The maximum atomic E-state index is 8.58. The van der Waals surface area contributed by atoms with Gasteiger partial charge in [-0.3, -0.25) is 9.78 Å². The molecule has 0 aromatic carbocycles. The topological polar surface area (TPSA) is 104 Å². The predicted octanol–water partition coefficient (Wildman–Crippen LogP) is 2.03. The third-order valence-corrected chi connectivity index (χ3v) is 2.61. The Morgan fingerprint density at radius 1 is 1.38 bits per heavy atom. The van der Waals surface area contributed by atoms with E-state index in [9.17, 15) is 0 Å². The predicted molar refractivity (Wildman–Crippen MR) is 79.4 cm³/mol. The van der Waals surface area contributed by atoms with Gasteiger partial charge in [0.2, 0.25) is 6.41 Å². The number of carbonyl (C=O) groups is 1. The van der Waals surface area contributed by atoms with Gasteiger partial charge in [0.25, 0.3) is 0 Å². The Kier molecular flexibility index (Phi) is 8.01. The molecule has 6 nitrogen and oxygen atoms in total. The first kappa shape index (κ1) is 16.5. The van der Waals surface area contributed by atoms with Crippen LogP contribution in [0.1, 0.15) is 24.2 Å². The molecule has 0 aliphatic rings. The molecule has 2 rings (SSSR count). The second kappa shape index (κ2) is 10.2. The van der Waals surface area contributed by atoms with E-state index < -0.39 is 0 Å². The fraction of sp³-hybridized carbons (Fsp3) is 0.200. The Labute approximate surface area is 123 Å². The molecule has 2 aromatic rings. The van der Waals surface area contributed by atoms with Crippen molar-refractivity contribution in [1.82, 2.24) is 4.98 Å². The molecule has 0 aliphatic heterocycles. The number of amides is 1. The molecule has 0 spiro atoms. The summed E-state index contributed by atoms with van der Waals surface area (Å²) in [6.45, 7) is 0. The number of primary amides is 1. The Bertz CT molecular complexity index is 524. The van der Waals surface area contributed by atoms with E-state index in [1.54, 1.807) is 18.5 Å². The lowest BCUT2D eigenvalue weighted by Gasteiger charge is -2.02. The zero-order valence-corrected chi connectivity index (χ0v) is 11.6. The van der Waals surface area contributed by atoms with Crippen molar-refractivity contribution < 1.29 is 14.0 Å². The van der Waals surface area contributed by atoms with Gasteiger partial charge in [0.1, 0.15) is 0 Å². The fourth-order valence-electron chi connectivity index (χ4n) is 1.71. The van der Waals surface area contributed by atoms with Gasteiger partial charge >= 0.3 is 0 Å². The van der Waals surface area contributed by atoms with Crippen LogP contribution in [0.25, 0.3) is 5.76 Å². The molecular weight excluding hydrogens is 270 g/mol. The van der Waals surface area contributed by atoms with Gasteiger partial charge in [-0.15, -0.1) is 0 Å². The SMILES string of the molecule is NC=O.NO/C(=C\CCCc1cccnc1)c1ccco1. The van der Waals surface area contributed by atoms with Crippen molar-refractivity contribution in [2.45, 2.75) is 19.3 Å². The largest absolute Gasteiger partial charge is 0.461 e. The number of rotatable bonds is 6. The van der Waals surface area contributed by atoms with Crippen molar-refractivity contribution >= 4 is 12.2 Å². The van der Waals surface area contributed by atoms with Gasteiger partial charge in [-0.05, 0) is 49.1 Å². The van der Waals surface area contributed by atoms with E-state index in [-0.39, 0.29) is 6.41 Å². The molecule has 0 saturated carbocycles. The standard InChI is InChI=1S/C14H16N2O2.CH3NO/c15-18-14(13-8-4-10-17-13)7-2-1-5-12-6-3-9-16-11-12;2-1-3/h3-4,6-11H,1-2,5,15H2;1H,(H2,2,3)/b14-7-;. The highest BCUT2D eigenvalue weighted by atomic mass is 16.6. The van der Waals surface area contributed by atoms with Gasteiger partial charge in [0, 0.05) is 12.4 Å². The van der Waals surface area contributed by atoms with Crippen LogP contribution in [0.2, 0.25) is 0 Å². The summed E-state index contributed by atoms with van der Waals surface area (Å²) in [5, 5.41) is 0. The van der Waals surface area contributed by atoms with Gasteiger partial charge < -0.3 is 15.0 Å². The maximum Gasteiger partial charge on any atom is 0.204 e. The van der Waals surface area contributed by atoms with Crippen molar-refractivity contribution in [2.24, 2.45) is 11.6 Å². The second-order valence-corrected chi connectivity index (χ2v) is 4.05. The molecular formula is C15H19N3O3. The molecule has 0 fully saturated rings. The Balaban J connectivity index is 0.000000677. The second-order valence-electron chi connectivity index (χ2n) is 4.05. The van der Waals surface area contributed by atoms with Crippen molar-refractivity contribution in [3.05, 3.63) is 60.3 Å². The van der Waals surface area contributed by atoms with Gasteiger partial charge in [-0.1, -0.05) is 6.07 Å². The average molecular weight is 289 g/mol. The highest BCUT2D eigenvalue weighted by Gasteiger charge is 2.04. The van der Waals surface area contributed by atoms with Crippen molar-refractivity contribution in [1.29, 1.82) is 0 Å². The summed E-state index contributed by atoms with van der Waals surface area (Å²) in [5.74, 6) is 6.45. The number of hydrogen-bond donors (Lipinski definition) is 2. The van der Waals surface area contributed by atoms with E-state index in [1.807, 2.05) is 24.4 Å². The van der Waals surface area contributed by atoms with E-state index in [4.69, 9.17) is 19.9 Å². The van der Waals surface area contributed by atoms with Crippen molar-refractivity contribution in [3.8, 4) is 0 Å². The lowest BCUT2D eigenvalue weighted by Crippen LogP contribution is -1.97. The summed E-state index contributed by atoms with van der Waals surface area (Å²) in [7, 11) is 0. The van der Waals surface area contributed by atoms with Crippen LogP contribution in [0.15, 0.2) is 53.4 Å². The summed E-state index contributed by atoms with van der Waals surface area (Å²) in [4.78, 5) is 17.5. The summed E-state index contributed by atoms with van der Waals surface area (Å²) >= 11 is 0. The molecule has 0 radical (unpaired) electrons. The Morgan fingerprint density at radius 2 is 2.19 bits per heavy atom. The van der Waals surface area contributed by atoms with Gasteiger partial charge in [0.05, 0.1) is 6.26 Å². The minimum absolute atomic E-state index is 0.250. The molecule has 0 unspecified atom stereocenters. The Hall–Kier alpha value is -2.60. The summed E-state index contributed by atoms with van der Waals surface area (Å²) in [6.07, 6.45) is 10.3. The number of aromatic nitrogens is 1. The number of nitrogens with zero attached hydrogens (tertiary/aromatic N) is 1. The molecule has 2 aromatic heterocycles. The quantitative estimate of drug-likeness (QED) is 0.366. The molecule has 0 saturated heterocycles. The number of pyridine rings is 1. The van der Waals surface area contributed by atoms with Crippen LogP contribution in [0.5, 0.6) is 0 Å². The minimum atomic E-state index is 0.250. The summed E-state index contributed by atoms with van der Waals surface area (Å²) < 4.78 is 5.22. The first-order valence-electron chi connectivity index (χ1n) is 6.46. The lowest BCUT2D eigenvalue weighted by molar-refractivity contribution is -0.106. The summed E-state index contributed by atoms with van der Waals surface area (Å²) in [5.41, 5.74) is 5.40. The molecule has 4 N–H and O–H groups in total. The monoisotopic (exact) mass is 289 g/mol. The van der Waals surface area contributed by atoms with Crippen LogP contribution in [0.3, 0.4) is 0 Å². The van der Waals surface area contributed by atoms with Crippen LogP contribution in [0, 0.1) is 0 Å². The average Bonchev–Trinajstić information content (AvgIpc) is 3.03. The fourth-order valence-corrected chi connectivity index (χ4v) is 1.71. The number of carbonyl (C=O) groups excluding carboxylic acids is 1. The molecule has 0 atom stereocenters. The van der Waals surface area contributed by atoms with Crippen LogP contribution < -0.4 is 11.6 Å². The first-order chi connectivity index (χ1) is 10.3. The van der Waals surface area contributed by atoms with Crippen molar-refractivity contribution in [2.75, 3.05) is 0 Å². The molecule has 112 valence electrons. The van der Waals surface area contributed by atoms with Crippen LogP contribution >= 0.6 is 0 Å². The molecule has 0 bridgehead atoms. The van der Waals surface area contributed by atoms with E-state index in [2.05, 4.69) is 16.8 Å². The van der Waals surface area contributed by atoms with Crippen LogP contribution in [0.4, 0.5) is 0 Å². The van der Waals surface area contributed by atoms with Gasteiger partial charge in [0.15, 0.2) is 11.5 Å². The first-order valence-corrected chi connectivity index (χ1v) is 6.46. The smallest absolute Gasteiger partial charge is 0.204 e. The van der Waals surface area contributed by atoms with E-state index in [0.29, 0.717) is 11.5 Å². The van der Waals surface area contributed by atoms with E-state index in [1.165, 1.54) is 5.56 Å². The lowest BCUT2D eigenvalue weighted by atomic mass is 10.1.